The lowest BCUT2D eigenvalue weighted by Gasteiger charge is -2.08. The molecule has 0 aliphatic carbocycles. The maximum atomic E-state index is 3.64. The van der Waals surface area contributed by atoms with E-state index in [2.05, 4.69) is 125 Å². The molecule has 0 radical (unpaired) electrons. The van der Waals surface area contributed by atoms with E-state index >= 15 is 0 Å². The monoisotopic (exact) mass is 370 g/mol. The van der Waals surface area contributed by atoms with Gasteiger partial charge in [-0.15, -0.1) is 0 Å². The van der Waals surface area contributed by atoms with Crippen LogP contribution in [0.4, 0.5) is 0 Å². The van der Waals surface area contributed by atoms with E-state index in [1.165, 1.54) is 21.5 Å². The summed E-state index contributed by atoms with van der Waals surface area (Å²) in [5.41, 5.74) is 4.55. The first-order chi connectivity index (χ1) is 14.4. The molecular weight excluding hydrogens is 352 g/mol. The SMILES string of the molecule is [c-]1n(-c2cccc3ccccc23)c2ccccc2[n+]1-c1cccc2ccccc12. The molecule has 0 fully saturated rings. The van der Waals surface area contributed by atoms with Crippen molar-refractivity contribution in [1.82, 2.24) is 4.57 Å². The van der Waals surface area contributed by atoms with Gasteiger partial charge in [0.05, 0.1) is 22.4 Å². The number of imidazole rings is 1. The minimum absolute atomic E-state index is 1.14. The van der Waals surface area contributed by atoms with Crippen LogP contribution in [0, 0.1) is 6.33 Å². The number of hydrogen-bond acceptors (Lipinski definition) is 0. The highest BCUT2D eigenvalue weighted by Gasteiger charge is 2.14. The molecule has 0 amide bonds. The lowest BCUT2D eigenvalue weighted by Crippen LogP contribution is -2.29. The molecule has 0 aliphatic heterocycles. The van der Waals surface area contributed by atoms with Gasteiger partial charge in [-0.2, -0.15) is 0 Å². The van der Waals surface area contributed by atoms with E-state index in [0.717, 1.165) is 22.4 Å². The molecule has 6 rings (SSSR count). The van der Waals surface area contributed by atoms with Crippen LogP contribution in [0.5, 0.6) is 0 Å². The van der Waals surface area contributed by atoms with Gasteiger partial charge in [-0.1, -0.05) is 97.1 Å². The van der Waals surface area contributed by atoms with Gasteiger partial charge in [-0.25, -0.2) is 0 Å². The van der Waals surface area contributed by atoms with Crippen molar-refractivity contribution in [1.29, 1.82) is 0 Å². The Hall–Kier alpha value is -3.91. The molecule has 0 saturated heterocycles. The Morgan fingerprint density at radius 3 is 2.03 bits per heavy atom. The zero-order valence-corrected chi connectivity index (χ0v) is 15.8. The highest BCUT2D eigenvalue weighted by molar-refractivity contribution is 5.92. The molecule has 1 heterocycles. The van der Waals surface area contributed by atoms with Gasteiger partial charge in [0.15, 0.2) is 0 Å². The standard InChI is InChI=1S/C27H18N2/c1-3-13-22-20(9-1)11-7-17-24(22)28-19-29(27-16-6-5-15-26(27)28)25-18-8-12-21-10-2-4-14-23(21)25/h1-18H. The van der Waals surface area contributed by atoms with Crippen LogP contribution in [0.2, 0.25) is 0 Å². The first-order valence-electron chi connectivity index (χ1n) is 9.81. The van der Waals surface area contributed by atoms with Crippen LogP contribution < -0.4 is 4.57 Å². The Morgan fingerprint density at radius 2 is 1.17 bits per heavy atom. The van der Waals surface area contributed by atoms with Crippen molar-refractivity contribution in [2.24, 2.45) is 0 Å². The molecule has 5 aromatic carbocycles. The highest BCUT2D eigenvalue weighted by Crippen LogP contribution is 2.26. The number of para-hydroxylation sites is 2. The lowest BCUT2D eigenvalue weighted by atomic mass is 10.1. The second kappa shape index (κ2) is 6.32. The first-order valence-corrected chi connectivity index (χ1v) is 9.81. The van der Waals surface area contributed by atoms with Crippen LogP contribution in [0.3, 0.4) is 0 Å². The first kappa shape index (κ1) is 16.1. The van der Waals surface area contributed by atoms with Crippen LogP contribution in [-0.4, -0.2) is 4.57 Å². The van der Waals surface area contributed by atoms with E-state index in [9.17, 15) is 0 Å². The van der Waals surface area contributed by atoms with Gasteiger partial charge in [-0.05, 0) is 33.7 Å². The summed E-state index contributed by atoms with van der Waals surface area (Å²) in [6.07, 6.45) is 3.64. The molecular formula is C27H18N2. The topological polar surface area (TPSA) is 8.81 Å². The number of hydrogen-bond donors (Lipinski definition) is 0. The van der Waals surface area contributed by atoms with Crippen molar-refractivity contribution in [3.05, 3.63) is 116 Å². The van der Waals surface area contributed by atoms with Gasteiger partial charge in [0.2, 0.25) is 0 Å². The highest BCUT2D eigenvalue weighted by atomic mass is 15.1. The van der Waals surface area contributed by atoms with E-state index in [-0.39, 0.29) is 0 Å². The van der Waals surface area contributed by atoms with Crippen LogP contribution in [0.1, 0.15) is 0 Å². The minimum Gasteiger partial charge on any atom is -0.291 e. The molecule has 0 spiro atoms. The summed E-state index contributed by atoms with van der Waals surface area (Å²) >= 11 is 0. The number of aromatic nitrogens is 2. The van der Waals surface area contributed by atoms with Gasteiger partial charge in [0.25, 0.3) is 6.33 Å². The fraction of sp³-hybridized carbons (Fsp3) is 0. The molecule has 2 heteroatoms. The fourth-order valence-electron chi connectivity index (χ4n) is 4.22. The summed E-state index contributed by atoms with van der Waals surface area (Å²) in [5, 5.41) is 4.90. The largest absolute Gasteiger partial charge is 0.291 e. The summed E-state index contributed by atoms with van der Waals surface area (Å²) in [4.78, 5) is 0. The summed E-state index contributed by atoms with van der Waals surface area (Å²) in [6, 6.07) is 38.4. The van der Waals surface area contributed by atoms with Crippen molar-refractivity contribution in [3.63, 3.8) is 0 Å². The number of rotatable bonds is 2. The summed E-state index contributed by atoms with van der Waals surface area (Å²) in [7, 11) is 0. The summed E-state index contributed by atoms with van der Waals surface area (Å²) in [6.45, 7) is 0. The Labute approximate surface area is 168 Å². The van der Waals surface area contributed by atoms with Gasteiger partial charge >= 0.3 is 0 Å². The third kappa shape index (κ3) is 2.46. The van der Waals surface area contributed by atoms with E-state index in [0.29, 0.717) is 0 Å². The normalized spacial score (nSPS) is 11.4. The molecule has 6 aromatic rings. The van der Waals surface area contributed by atoms with E-state index in [1.54, 1.807) is 0 Å². The number of fused-ring (bicyclic) bond motifs is 3. The molecule has 29 heavy (non-hydrogen) atoms. The lowest BCUT2D eigenvalue weighted by molar-refractivity contribution is -0.570. The van der Waals surface area contributed by atoms with Gasteiger partial charge in [-0.3, -0.25) is 9.13 Å². The van der Waals surface area contributed by atoms with Crippen molar-refractivity contribution < 1.29 is 4.57 Å². The van der Waals surface area contributed by atoms with Gasteiger partial charge < -0.3 is 0 Å². The van der Waals surface area contributed by atoms with Crippen LogP contribution in [0.15, 0.2) is 109 Å². The van der Waals surface area contributed by atoms with Crippen molar-refractivity contribution in [2.45, 2.75) is 0 Å². The van der Waals surface area contributed by atoms with Crippen LogP contribution in [-0.2, 0) is 0 Å². The minimum atomic E-state index is 1.14. The Balaban J connectivity index is 1.71. The van der Waals surface area contributed by atoms with Crippen molar-refractivity contribution in [2.75, 3.05) is 0 Å². The smallest absolute Gasteiger partial charge is 0.269 e. The number of nitrogens with zero attached hydrogens (tertiary/aromatic N) is 2. The Bertz CT molecular complexity index is 1380. The zero-order valence-electron chi connectivity index (χ0n) is 15.8. The maximum absolute atomic E-state index is 3.64. The molecule has 2 nitrogen and oxygen atoms in total. The molecule has 0 unspecified atom stereocenters. The quantitative estimate of drug-likeness (QED) is 0.261. The Kier molecular flexibility index (Phi) is 3.50. The maximum Gasteiger partial charge on any atom is 0.269 e. The predicted molar refractivity (Wildman–Crippen MR) is 119 cm³/mol. The summed E-state index contributed by atoms with van der Waals surface area (Å²) in [5.74, 6) is 0. The average Bonchev–Trinajstić information content (AvgIpc) is 3.18. The van der Waals surface area contributed by atoms with Gasteiger partial charge in [0, 0.05) is 0 Å². The molecule has 0 N–H and O–H groups in total. The molecule has 0 atom stereocenters. The van der Waals surface area contributed by atoms with Crippen molar-refractivity contribution in [3.8, 4) is 11.4 Å². The third-order valence-electron chi connectivity index (χ3n) is 5.58. The summed E-state index contributed by atoms with van der Waals surface area (Å²) < 4.78 is 4.36. The fourth-order valence-corrected chi connectivity index (χ4v) is 4.22. The van der Waals surface area contributed by atoms with E-state index in [4.69, 9.17) is 0 Å². The van der Waals surface area contributed by atoms with Crippen LogP contribution in [0.25, 0.3) is 44.0 Å². The zero-order chi connectivity index (χ0) is 19.2. The third-order valence-corrected chi connectivity index (χ3v) is 5.58. The Morgan fingerprint density at radius 1 is 0.552 bits per heavy atom. The van der Waals surface area contributed by atoms with E-state index < -0.39 is 0 Å². The number of benzene rings is 5. The van der Waals surface area contributed by atoms with Crippen LogP contribution >= 0.6 is 0 Å². The average molecular weight is 370 g/mol. The molecule has 0 bridgehead atoms. The van der Waals surface area contributed by atoms with Gasteiger partial charge in [0.1, 0.15) is 0 Å². The molecule has 0 aliphatic rings. The van der Waals surface area contributed by atoms with Crippen molar-refractivity contribution >= 4 is 32.6 Å². The molecule has 1 aromatic heterocycles. The second-order valence-corrected chi connectivity index (χ2v) is 7.26. The molecule has 136 valence electrons. The second-order valence-electron chi connectivity index (χ2n) is 7.26. The molecule has 0 saturated carbocycles. The van der Waals surface area contributed by atoms with E-state index in [1.807, 2.05) is 0 Å². The predicted octanol–water partition coefficient (Wildman–Crippen LogP) is 6.01.